The number of rotatable bonds is 8. The van der Waals surface area contributed by atoms with Gasteiger partial charge in [0.05, 0.1) is 0 Å². The molecule has 1 heteroatoms. The molecule has 22 heavy (non-hydrogen) atoms. The van der Waals surface area contributed by atoms with Gasteiger partial charge in [0.1, 0.15) is 0 Å². The van der Waals surface area contributed by atoms with Crippen LogP contribution in [0.15, 0.2) is 103 Å². The normalized spacial score (nSPS) is 12.4. The SMILES string of the molecule is C=C/C=C\C=C/CN(C(/C=C\C(=C)C)=C/C)c1ccccc1. The molecule has 1 rings (SSSR count). The van der Waals surface area contributed by atoms with E-state index in [1.807, 2.05) is 37.3 Å². The molecule has 0 atom stereocenters. The van der Waals surface area contributed by atoms with Crippen LogP contribution in [0.3, 0.4) is 0 Å². The first kappa shape index (κ1) is 17.5. The van der Waals surface area contributed by atoms with Crippen LogP contribution in [-0.2, 0) is 0 Å². The van der Waals surface area contributed by atoms with Crippen molar-refractivity contribution in [2.24, 2.45) is 0 Å². The summed E-state index contributed by atoms with van der Waals surface area (Å²) < 4.78 is 0. The van der Waals surface area contributed by atoms with Crippen LogP contribution in [-0.4, -0.2) is 6.54 Å². The van der Waals surface area contributed by atoms with Crippen LogP contribution >= 0.6 is 0 Å². The van der Waals surface area contributed by atoms with E-state index >= 15 is 0 Å². The van der Waals surface area contributed by atoms with Crippen LogP contribution in [0.2, 0.25) is 0 Å². The summed E-state index contributed by atoms with van der Waals surface area (Å²) in [5.41, 5.74) is 3.35. The Balaban J connectivity index is 3.00. The number of allylic oxidation sites excluding steroid dienone is 8. The van der Waals surface area contributed by atoms with Gasteiger partial charge in [0, 0.05) is 17.9 Å². The summed E-state index contributed by atoms with van der Waals surface area (Å²) >= 11 is 0. The van der Waals surface area contributed by atoms with E-state index in [9.17, 15) is 0 Å². The van der Waals surface area contributed by atoms with Gasteiger partial charge in [0.15, 0.2) is 0 Å². The van der Waals surface area contributed by atoms with E-state index in [0.717, 1.165) is 17.8 Å². The molecule has 1 aromatic rings. The molecule has 114 valence electrons. The lowest BCUT2D eigenvalue weighted by atomic mass is 10.2. The first-order chi connectivity index (χ1) is 10.7. The molecular weight excluding hydrogens is 266 g/mol. The largest absolute Gasteiger partial charge is 0.338 e. The fraction of sp³-hybridized carbons (Fsp3) is 0.143. The van der Waals surface area contributed by atoms with Crippen molar-refractivity contribution in [1.29, 1.82) is 0 Å². The summed E-state index contributed by atoms with van der Waals surface area (Å²) in [4.78, 5) is 2.26. The van der Waals surface area contributed by atoms with Crippen LogP contribution in [0.25, 0.3) is 0 Å². The first-order valence-electron chi connectivity index (χ1n) is 7.45. The summed E-state index contributed by atoms with van der Waals surface area (Å²) in [6, 6.07) is 10.4. The first-order valence-corrected chi connectivity index (χ1v) is 7.45. The molecule has 0 saturated carbocycles. The maximum Gasteiger partial charge on any atom is 0.0414 e. The average molecular weight is 291 g/mol. The topological polar surface area (TPSA) is 3.24 Å². The van der Waals surface area contributed by atoms with Crippen molar-refractivity contribution in [1.82, 2.24) is 0 Å². The number of anilines is 1. The van der Waals surface area contributed by atoms with Crippen LogP contribution in [0.5, 0.6) is 0 Å². The maximum absolute atomic E-state index is 3.92. The van der Waals surface area contributed by atoms with E-state index in [4.69, 9.17) is 0 Å². The van der Waals surface area contributed by atoms with Gasteiger partial charge in [-0.1, -0.05) is 79.5 Å². The number of nitrogens with zero attached hydrogens (tertiary/aromatic N) is 1. The van der Waals surface area contributed by atoms with Crippen molar-refractivity contribution in [2.75, 3.05) is 11.4 Å². The van der Waals surface area contributed by atoms with Gasteiger partial charge >= 0.3 is 0 Å². The summed E-state index contributed by atoms with van der Waals surface area (Å²) in [5, 5.41) is 0. The molecule has 1 aromatic carbocycles. The van der Waals surface area contributed by atoms with Crippen molar-refractivity contribution in [2.45, 2.75) is 13.8 Å². The predicted molar refractivity (Wildman–Crippen MR) is 100.0 cm³/mol. The van der Waals surface area contributed by atoms with E-state index in [1.54, 1.807) is 6.08 Å². The molecule has 0 radical (unpaired) electrons. The summed E-state index contributed by atoms with van der Waals surface area (Å²) in [6.07, 6.45) is 16.1. The summed E-state index contributed by atoms with van der Waals surface area (Å²) in [6.45, 7) is 12.4. The summed E-state index contributed by atoms with van der Waals surface area (Å²) in [7, 11) is 0. The molecular formula is C21H25N. The van der Waals surface area contributed by atoms with Gasteiger partial charge in [0.2, 0.25) is 0 Å². The smallest absolute Gasteiger partial charge is 0.0414 e. The van der Waals surface area contributed by atoms with E-state index in [0.29, 0.717) is 0 Å². The van der Waals surface area contributed by atoms with E-state index in [1.165, 1.54) is 5.69 Å². The van der Waals surface area contributed by atoms with Gasteiger partial charge < -0.3 is 4.90 Å². The Bertz CT molecular complexity index is 586. The zero-order valence-corrected chi connectivity index (χ0v) is 13.6. The molecule has 1 nitrogen and oxygen atoms in total. The van der Waals surface area contributed by atoms with E-state index in [2.05, 4.69) is 67.5 Å². The van der Waals surface area contributed by atoms with Gasteiger partial charge in [0.25, 0.3) is 0 Å². The van der Waals surface area contributed by atoms with Crippen molar-refractivity contribution in [3.05, 3.63) is 103 Å². The number of para-hydroxylation sites is 1. The van der Waals surface area contributed by atoms with Crippen molar-refractivity contribution >= 4 is 5.69 Å². The Morgan fingerprint density at radius 2 is 1.82 bits per heavy atom. The predicted octanol–water partition coefficient (Wildman–Crippen LogP) is 5.83. The second-order valence-electron chi connectivity index (χ2n) is 4.89. The molecule has 0 aliphatic heterocycles. The second kappa shape index (κ2) is 10.2. The number of hydrogen-bond donors (Lipinski definition) is 0. The van der Waals surface area contributed by atoms with Crippen LogP contribution < -0.4 is 4.90 Å². The van der Waals surface area contributed by atoms with Crippen molar-refractivity contribution in [3.8, 4) is 0 Å². The average Bonchev–Trinajstić information content (AvgIpc) is 2.53. The zero-order chi connectivity index (χ0) is 16.2. The van der Waals surface area contributed by atoms with Crippen LogP contribution in [0, 0.1) is 0 Å². The maximum atomic E-state index is 3.92. The van der Waals surface area contributed by atoms with Gasteiger partial charge in [-0.2, -0.15) is 0 Å². The van der Waals surface area contributed by atoms with Crippen LogP contribution in [0.1, 0.15) is 13.8 Å². The minimum atomic E-state index is 0.797. The third-order valence-corrected chi connectivity index (χ3v) is 3.00. The molecule has 0 bridgehead atoms. The van der Waals surface area contributed by atoms with E-state index in [-0.39, 0.29) is 0 Å². The Hall–Kier alpha value is -2.54. The lowest BCUT2D eigenvalue weighted by Crippen LogP contribution is -2.21. The molecule has 0 aliphatic rings. The Kier molecular flexibility index (Phi) is 8.14. The molecule has 0 N–H and O–H groups in total. The highest BCUT2D eigenvalue weighted by molar-refractivity contribution is 5.55. The molecule has 0 aliphatic carbocycles. The lowest BCUT2D eigenvalue weighted by molar-refractivity contribution is 1.03. The molecule has 0 spiro atoms. The second-order valence-corrected chi connectivity index (χ2v) is 4.89. The van der Waals surface area contributed by atoms with Gasteiger partial charge in [-0.25, -0.2) is 0 Å². The van der Waals surface area contributed by atoms with Gasteiger partial charge in [-0.05, 0) is 32.1 Å². The standard InChI is InChI=1S/C21H25N/c1-5-7-8-9-13-18-22(21-14-11-10-12-15-21)20(6-2)17-16-19(3)4/h5-17H,1,3,18H2,2,4H3/b8-7-,13-9-,17-16-,20-6+. The molecule has 0 amide bonds. The fourth-order valence-corrected chi connectivity index (χ4v) is 1.93. The summed E-state index contributed by atoms with van der Waals surface area (Å²) in [5.74, 6) is 0. The fourth-order valence-electron chi connectivity index (χ4n) is 1.93. The van der Waals surface area contributed by atoms with Gasteiger partial charge in [-0.15, -0.1) is 0 Å². The molecule has 0 fully saturated rings. The van der Waals surface area contributed by atoms with Crippen molar-refractivity contribution in [3.63, 3.8) is 0 Å². The minimum Gasteiger partial charge on any atom is -0.338 e. The highest BCUT2D eigenvalue weighted by Crippen LogP contribution is 2.20. The molecule has 0 heterocycles. The quantitative estimate of drug-likeness (QED) is 0.545. The third-order valence-electron chi connectivity index (χ3n) is 3.00. The Morgan fingerprint density at radius 3 is 2.41 bits per heavy atom. The molecule has 0 saturated heterocycles. The monoisotopic (exact) mass is 291 g/mol. The highest BCUT2D eigenvalue weighted by atomic mass is 15.1. The Labute approximate surface area is 135 Å². The highest BCUT2D eigenvalue weighted by Gasteiger charge is 2.07. The molecule has 0 aromatic heterocycles. The molecule has 0 unspecified atom stereocenters. The third kappa shape index (κ3) is 6.27. The van der Waals surface area contributed by atoms with Crippen molar-refractivity contribution < 1.29 is 0 Å². The lowest BCUT2D eigenvalue weighted by Gasteiger charge is -2.24. The van der Waals surface area contributed by atoms with E-state index < -0.39 is 0 Å². The minimum absolute atomic E-state index is 0.797. The number of benzene rings is 1. The zero-order valence-electron chi connectivity index (χ0n) is 13.6. The number of hydrogen-bond acceptors (Lipinski definition) is 1. The van der Waals surface area contributed by atoms with Crippen LogP contribution in [0.4, 0.5) is 5.69 Å². The Morgan fingerprint density at radius 1 is 1.09 bits per heavy atom. The van der Waals surface area contributed by atoms with Gasteiger partial charge in [-0.3, -0.25) is 0 Å².